The van der Waals surface area contributed by atoms with E-state index in [2.05, 4.69) is 20.3 Å². The molecule has 13 nitrogen and oxygen atoms in total. The molecule has 0 radical (unpaired) electrons. The molecule has 0 unspecified atom stereocenters. The maximum atomic E-state index is 11.8. The van der Waals surface area contributed by atoms with E-state index in [4.69, 9.17) is 11.6 Å². The van der Waals surface area contributed by atoms with E-state index < -0.39 is 50.7 Å². The van der Waals surface area contributed by atoms with Gasteiger partial charge >= 0.3 is 0 Å². The fourth-order valence-electron chi connectivity index (χ4n) is 2.46. The molecule has 0 bridgehead atoms. The molecule has 0 aliphatic carbocycles. The molecular formula is C13H9ClN4O9S3. The Morgan fingerprint density at radius 2 is 1.43 bits per heavy atom. The number of fused-ring (bicyclic) bond motifs is 1. The van der Waals surface area contributed by atoms with E-state index in [-0.39, 0.29) is 22.0 Å². The lowest BCUT2D eigenvalue weighted by Crippen LogP contribution is -2.08. The van der Waals surface area contributed by atoms with Crippen LogP contribution in [0.1, 0.15) is 0 Å². The zero-order valence-corrected chi connectivity index (χ0v) is 17.3. The summed E-state index contributed by atoms with van der Waals surface area (Å²) >= 11 is 5.62. The number of nitrogens with zero attached hydrogens (tertiary/aromatic N) is 3. The molecule has 4 N–H and O–H groups in total. The predicted octanol–water partition coefficient (Wildman–Crippen LogP) is 1.16. The topological polar surface area (TPSA) is 214 Å². The highest BCUT2D eigenvalue weighted by molar-refractivity contribution is 7.87. The lowest BCUT2D eigenvalue weighted by Gasteiger charge is -2.13. The number of benzene rings is 2. The molecule has 160 valence electrons. The highest BCUT2D eigenvalue weighted by Gasteiger charge is 2.24. The fourth-order valence-corrected chi connectivity index (χ4v) is 4.60. The van der Waals surface area contributed by atoms with Crippen LogP contribution in [0.25, 0.3) is 10.8 Å². The summed E-state index contributed by atoms with van der Waals surface area (Å²) in [5, 5.41) is 1.44. The Morgan fingerprint density at radius 3 is 1.97 bits per heavy atom. The molecular weight excluding hydrogens is 488 g/mol. The number of aromatic nitrogens is 3. The first-order chi connectivity index (χ1) is 13.7. The van der Waals surface area contributed by atoms with E-state index in [9.17, 15) is 38.9 Å². The van der Waals surface area contributed by atoms with Crippen molar-refractivity contribution in [3.63, 3.8) is 0 Å². The normalized spacial score (nSPS) is 12.8. The number of hydrogen-bond acceptors (Lipinski definition) is 10. The van der Waals surface area contributed by atoms with Gasteiger partial charge in [-0.05, 0) is 41.3 Å². The molecule has 0 atom stereocenters. The second kappa shape index (κ2) is 7.34. The molecule has 0 aliphatic rings. The van der Waals surface area contributed by atoms with Crippen LogP contribution >= 0.6 is 11.6 Å². The average molecular weight is 497 g/mol. The van der Waals surface area contributed by atoms with Gasteiger partial charge in [-0.15, -0.1) is 0 Å². The molecule has 0 amide bonds. The van der Waals surface area contributed by atoms with E-state index in [1.807, 2.05) is 0 Å². The Labute approximate surface area is 174 Å². The van der Waals surface area contributed by atoms with Crippen molar-refractivity contribution < 1.29 is 38.9 Å². The third-order valence-corrected chi connectivity index (χ3v) is 6.43. The van der Waals surface area contributed by atoms with Crippen molar-refractivity contribution in [2.24, 2.45) is 0 Å². The van der Waals surface area contributed by atoms with E-state index in [0.717, 1.165) is 24.5 Å². The summed E-state index contributed by atoms with van der Waals surface area (Å²) in [6.45, 7) is 0. The van der Waals surface area contributed by atoms with E-state index >= 15 is 0 Å². The zero-order valence-electron chi connectivity index (χ0n) is 14.1. The maximum Gasteiger partial charge on any atom is 0.296 e. The Hall–Kier alpha value is -2.47. The van der Waals surface area contributed by atoms with E-state index in [0.29, 0.717) is 6.07 Å². The van der Waals surface area contributed by atoms with Crippen molar-refractivity contribution in [3.8, 4) is 0 Å². The van der Waals surface area contributed by atoms with Gasteiger partial charge in [0.25, 0.3) is 30.4 Å². The van der Waals surface area contributed by atoms with Crippen LogP contribution in [0.2, 0.25) is 5.28 Å². The highest BCUT2D eigenvalue weighted by atomic mass is 35.5. The minimum absolute atomic E-state index is 0.266. The van der Waals surface area contributed by atoms with Crippen molar-refractivity contribution in [1.29, 1.82) is 0 Å². The zero-order chi connectivity index (χ0) is 22.5. The number of halogens is 1. The fraction of sp³-hybridized carbons (Fsp3) is 0. The van der Waals surface area contributed by atoms with Crippen molar-refractivity contribution in [2.45, 2.75) is 14.7 Å². The second-order valence-electron chi connectivity index (χ2n) is 5.62. The second-order valence-corrected chi connectivity index (χ2v) is 10.2. The number of hydrogen-bond donors (Lipinski definition) is 4. The van der Waals surface area contributed by atoms with Crippen LogP contribution in [-0.2, 0) is 30.4 Å². The van der Waals surface area contributed by atoms with Gasteiger partial charge in [-0.3, -0.25) is 13.7 Å². The van der Waals surface area contributed by atoms with Crippen LogP contribution in [0.3, 0.4) is 0 Å². The molecule has 0 fully saturated rings. The van der Waals surface area contributed by atoms with E-state index in [1.54, 1.807) is 0 Å². The lowest BCUT2D eigenvalue weighted by molar-refractivity contribution is 0.480. The van der Waals surface area contributed by atoms with Gasteiger partial charge in [-0.2, -0.15) is 30.2 Å². The van der Waals surface area contributed by atoms with Gasteiger partial charge in [0.1, 0.15) is 16.1 Å². The molecule has 3 rings (SSSR count). The Balaban J connectivity index is 2.42. The Morgan fingerprint density at radius 1 is 0.800 bits per heavy atom. The Bertz CT molecular complexity index is 1510. The van der Waals surface area contributed by atoms with Crippen LogP contribution in [0, 0.1) is 0 Å². The SMILES string of the molecule is O=S(=O)(O)c1cc(S(=O)(=O)O)c2cc(Nc3ncnc(Cl)n3)c(S(=O)(=O)O)cc2c1. The summed E-state index contributed by atoms with van der Waals surface area (Å²) in [7, 11) is -14.9. The van der Waals surface area contributed by atoms with Gasteiger partial charge in [0, 0.05) is 5.39 Å². The molecule has 1 aromatic heterocycles. The smallest absolute Gasteiger partial charge is 0.296 e. The minimum atomic E-state index is -5.03. The molecule has 0 aliphatic heterocycles. The summed E-state index contributed by atoms with van der Waals surface area (Å²) in [5.74, 6) is -0.276. The van der Waals surface area contributed by atoms with Crippen LogP contribution in [0.15, 0.2) is 45.3 Å². The van der Waals surface area contributed by atoms with Crippen molar-refractivity contribution in [2.75, 3.05) is 5.32 Å². The molecule has 17 heteroatoms. The van der Waals surface area contributed by atoms with Crippen molar-refractivity contribution >= 4 is 64.4 Å². The van der Waals surface area contributed by atoms with Crippen molar-refractivity contribution in [1.82, 2.24) is 15.0 Å². The standard InChI is InChI=1S/C13H9ClN4O9S3/c14-12-15-5-16-13(18-12)17-9-4-8-6(2-11(9)30(25,26)27)1-7(28(19,20)21)3-10(8)29(22,23)24/h1-5H,(H,19,20,21)(H,22,23,24)(H,25,26,27)(H,15,16,17,18). The predicted molar refractivity (Wildman–Crippen MR) is 102 cm³/mol. The first-order valence-electron chi connectivity index (χ1n) is 7.32. The lowest BCUT2D eigenvalue weighted by atomic mass is 10.1. The molecule has 30 heavy (non-hydrogen) atoms. The first-order valence-corrected chi connectivity index (χ1v) is 12.0. The maximum absolute atomic E-state index is 11.8. The van der Waals surface area contributed by atoms with Crippen LogP contribution < -0.4 is 5.32 Å². The summed E-state index contributed by atoms with van der Waals surface area (Å²) < 4.78 is 98.3. The van der Waals surface area contributed by atoms with Gasteiger partial charge in [-0.25, -0.2) is 9.97 Å². The van der Waals surface area contributed by atoms with Crippen molar-refractivity contribution in [3.05, 3.63) is 35.9 Å². The Kier molecular flexibility index (Phi) is 5.44. The molecule has 0 saturated heterocycles. The van der Waals surface area contributed by atoms with Crippen LogP contribution in [0.4, 0.5) is 11.6 Å². The summed E-state index contributed by atoms with van der Waals surface area (Å²) in [5.41, 5.74) is -0.434. The molecule has 0 spiro atoms. The molecule has 0 saturated carbocycles. The largest absolute Gasteiger partial charge is 0.323 e. The van der Waals surface area contributed by atoms with Gasteiger partial charge in [0.05, 0.1) is 10.6 Å². The number of rotatable bonds is 5. The molecule has 1 heterocycles. The summed E-state index contributed by atoms with van der Waals surface area (Å²) in [6.07, 6.45) is 0.980. The molecule has 2 aromatic carbocycles. The summed E-state index contributed by atoms with van der Waals surface area (Å²) in [6, 6.07) is 2.83. The highest BCUT2D eigenvalue weighted by Crippen LogP contribution is 2.34. The number of anilines is 2. The first kappa shape index (κ1) is 22.2. The third kappa shape index (κ3) is 4.64. The quantitative estimate of drug-likeness (QED) is 0.365. The van der Waals surface area contributed by atoms with Gasteiger partial charge < -0.3 is 5.32 Å². The van der Waals surface area contributed by atoms with Gasteiger partial charge in [-0.1, -0.05) is 0 Å². The average Bonchev–Trinajstić information content (AvgIpc) is 2.57. The van der Waals surface area contributed by atoms with Crippen LogP contribution in [-0.4, -0.2) is 53.9 Å². The van der Waals surface area contributed by atoms with Gasteiger partial charge in [0.15, 0.2) is 0 Å². The third-order valence-electron chi connectivity index (χ3n) is 3.63. The van der Waals surface area contributed by atoms with Gasteiger partial charge in [0.2, 0.25) is 11.2 Å². The van der Waals surface area contributed by atoms with Crippen LogP contribution in [0.5, 0.6) is 0 Å². The van der Waals surface area contributed by atoms with E-state index in [1.165, 1.54) is 0 Å². The molecule has 3 aromatic rings. The monoisotopic (exact) mass is 496 g/mol. The summed E-state index contributed by atoms with van der Waals surface area (Å²) in [4.78, 5) is 8.16. The minimum Gasteiger partial charge on any atom is -0.323 e. The number of nitrogens with one attached hydrogen (secondary N) is 1.